The summed E-state index contributed by atoms with van der Waals surface area (Å²) in [6.07, 6.45) is 5.22. The summed E-state index contributed by atoms with van der Waals surface area (Å²) in [4.78, 5) is 36.6. The van der Waals surface area contributed by atoms with Crippen molar-refractivity contribution in [3.63, 3.8) is 0 Å². The summed E-state index contributed by atoms with van der Waals surface area (Å²) in [7, 11) is 1.61. The second-order valence-electron chi connectivity index (χ2n) is 6.30. The van der Waals surface area contributed by atoms with Crippen LogP contribution in [0.4, 0.5) is 0 Å². The number of pyridine rings is 1. The first-order valence-corrected chi connectivity index (χ1v) is 8.85. The smallest absolute Gasteiger partial charge is 0.270 e. The Kier molecular flexibility index (Phi) is 6.43. The highest BCUT2D eigenvalue weighted by Gasteiger charge is 2.29. The lowest BCUT2D eigenvalue weighted by atomic mass is 10.2. The molecule has 0 saturated heterocycles. The lowest BCUT2D eigenvalue weighted by Gasteiger charge is -2.07. The number of Topliss-reactive ketones (excluding diaryl/α,β-unsaturated/α-hetero) is 1. The van der Waals surface area contributed by atoms with Gasteiger partial charge in [0.2, 0.25) is 5.88 Å². The van der Waals surface area contributed by atoms with Crippen molar-refractivity contribution in [2.45, 2.75) is 25.8 Å². The third-order valence-electron chi connectivity index (χ3n) is 4.09. The zero-order valence-electron chi connectivity index (χ0n) is 15.2. The number of hydrogen-bond acceptors (Lipinski definition) is 7. The average molecular weight is 370 g/mol. The standard InChI is InChI=1S/C19H22N4O4/c1-26-8-9-27-18-5-2-13(11-21-18)12-22-19(25)15-6-7-20-17(23-15)10-16(24)14-3-4-14/h2,5-7,11,14H,3-4,8-10,12H2,1H3,(H,22,25). The molecule has 0 spiro atoms. The molecule has 1 amide bonds. The average Bonchev–Trinajstić information content (AvgIpc) is 3.53. The summed E-state index contributed by atoms with van der Waals surface area (Å²) in [5.74, 6) is 0.867. The van der Waals surface area contributed by atoms with E-state index in [0.717, 1.165) is 18.4 Å². The number of carbonyl (C=O) groups is 2. The number of carbonyl (C=O) groups excluding carboxylic acids is 2. The predicted octanol–water partition coefficient (Wildman–Crippen LogP) is 1.35. The fourth-order valence-corrected chi connectivity index (χ4v) is 2.42. The van der Waals surface area contributed by atoms with E-state index in [-0.39, 0.29) is 29.7 Å². The summed E-state index contributed by atoms with van der Waals surface area (Å²) in [5.41, 5.74) is 1.08. The molecular weight excluding hydrogens is 348 g/mol. The second kappa shape index (κ2) is 9.18. The summed E-state index contributed by atoms with van der Waals surface area (Å²) >= 11 is 0. The van der Waals surface area contributed by atoms with Gasteiger partial charge in [0.15, 0.2) is 0 Å². The van der Waals surface area contributed by atoms with E-state index in [2.05, 4.69) is 20.3 Å². The Morgan fingerprint density at radius 3 is 2.74 bits per heavy atom. The number of hydrogen-bond donors (Lipinski definition) is 1. The van der Waals surface area contributed by atoms with Crippen molar-refractivity contribution in [3.05, 3.63) is 47.7 Å². The third kappa shape index (κ3) is 5.82. The Labute approximate surface area is 157 Å². The molecule has 1 saturated carbocycles. The highest BCUT2D eigenvalue weighted by Crippen LogP contribution is 2.30. The number of ketones is 1. The first-order chi connectivity index (χ1) is 13.2. The molecule has 2 aromatic heterocycles. The third-order valence-corrected chi connectivity index (χ3v) is 4.09. The molecular formula is C19H22N4O4. The van der Waals surface area contributed by atoms with Crippen molar-refractivity contribution in [2.24, 2.45) is 5.92 Å². The van der Waals surface area contributed by atoms with Crippen LogP contribution in [0.1, 0.15) is 34.7 Å². The van der Waals surface area contributed by atoms with E-state index in [9.17, 15) is 9.59 Å². The molecule has 3 rings (SSSR count). The highest BCUT2D eigenvalue weighted by atomic mass is 16.5. The minimum absolute atomic E-state index is 0.145. The monoisotopic (exact) mass is 370 g/mol. The zero-order chi connectivity index (χ0) is 19.1. The van der Waals surface area contributed by atoms with Crippen molar-refractivity contribution < 1.29 is 19.1 Å². The highest BCUT2D eigenvalue weighted by molar-refractivity contribution is 5.92. The molecule has 0 aromatic carbocycles. The van der Waals surface area contributed by atoms with Crippen LogP contribution in [0.5, 0.6) is 5.88 Å². The Hall–Kier alpha value is -2.87. The normalized spacial score (nSPS) is 13.2. The van der Waals surface area contributed by atoms with Gasteiger partial charge in [-0.2, -0.15) is 0 Å². The summed E-state index contributed by atoms with van der Waals surface area (Å²) in [6.45, 7) is 1.23. The van der Waals surface area contributed by atoms with Gasteiger partial charge in [-0.05, 0) is 24.5 Å². The lowest BCUT2D eigenvalue weighted by molar-refractivity contribution is -0.119. The van der Waals surface area contributed by atoms with Gasteiger partial charge in [-0.3, -0.25) is 9.59 Å². The van der Waals surface area contributed by atoms with Gasteiger partial charge >= 0.3 is 0 Å². The molecule has 1 N–H and O–H groups in total. The second-order valence-corrected chi connectivity index (χ2v) is 6.30. The fraction of sp³-hybridized carbons (Fsp3) is 0.421. The molecule has 0 bridgehead atoms. The Bertz CT molecular complexity index is 791. The number of ether oxygens (including phenoxy) is 2. The van der Waals surface area contributed by atoms with E-state index in [0.29, 0.717) is 31.5 Å². The van der Waals surface area contributed by atoms with Gasteiger partial charge in [0, 0.05) is 38.0 Å². The number of aromatic nitrogens is 3. The summed E-state index contributed by atoms with van der Waals surface area (Å²) < 4.78 is 10.3. The van der Waals surface area contributed by atoms with E-state index in [1.54, 1.807) is 19.4 Å². The van der Waals surface area contributed by atoms with Gasteiger partial charge < -0.3 is 14.8 Å². The maximum atomic E-state index is 12.3. The van der Waals surface area contributed by atoms with E-state index >= 15 is 0 Å². The van der Waals surface area contributed by atoms with Crippen LogP contribution in [0.3, 0.4) is 0 Å². The quantitative estimate of drug-likeness (QED) is 0.630. The van der Waals surface area contributed by atoms with Crippen molar-refractivity contribution in [3.8, 4) is 5.88 Å². The molecule has 0 radical (unpaired) electrons. The predicted molar refractivity (Wildman–Crippen MR) is 96.2 cm³/mol. The number of nitrogens with one attached hydrogen (secondary N) is 1. The molecule has 2 heterocycles. The van der Waals surface area contributed by atoms with Crippen LogP contribution < -0.4 is 10.1 Å². The van der Waals surface area contributed by atoms with Crippen LogP contribution in [-0.4, -0.2) is 47.0 Å². The van der Waals surface area contributed by atoms with Crippen LogP contribution >= 0.6 is 0 Å². The van der Waals surface area contributed by atoms with Gasteiger partial charge in [0.25, 0.3) is 5.91 Å². The molecule has 27 heavy (non-hydrogen) atoms. The van der Waals surface area contributed by atoms with Gasteiger partial charge in [0.05, 0.1) is 13.0 Å². The van der Waals surface area contributed by atoms with Crippen molar-refractivity contribution in [1.29, 1.82) is 0 Å². The minimum atomic E-state index is -0.321. The van der Waals surface area contributed by atoms with Crippen molar-refractivity contribution >= 4 is 11.7 Å². The number of amides is 1. The van der Waals surface area contributed by atoms with Crippen molar-refractivity contribution in [2.75, 3.05) is 20.3 Å². The van der Waals surface area contributed by atoms with Crippen molar-refractivity contribution in [1.82, 2.24) is 20.3 Å². The SMILES string of the molecule is COCCOc1ccc(CNC(=O)c2ccnc(CC(=O)C3CC3)n2)cn1. The topological polar surface area (TPSA) is 103 Å². The van der Waals surface area contributed by atoms with Crippen LogP contribution in [0.25, 0.3) is 0 Å². The van der Waals surface area contributed by atoms with Crippen LogP contribution in [-0.2, 0) is 22.5 Å². The van der Waals surface area contributed by atoms with Crippen LogP contribution in [0, 0.1) is 5.92 Å². The summed E-state index contributed by atoms with van der Waals surface area (Å²) in [6, 6.07) is 5.10. The van der Waals surface area contributed by atoms with Gasteiger partial charge in [-0.1, -0.05) is 6.07 Å². The van der Waals surface area contributed by atoms with Crippen LogP contribution in [0.15, 0.2) is 30.6 Å². The van der Waals surface area contributed by atoms with E-state index in [1.165, 1.54) is 12.3 Å². The molecule has 0 unspecified atom stereocenters. The molecule has 8 nitrogen and oxygen atoms in total. The number of rotatable bonds is 10. The molecule has 0 aliphatic heterocycles. The summed E-state index contributed by atoms with van der Waals surface area (Å²) in [5, 5.41) is 2.79. The maximum Gasteiger partial charge on any atom is 0.270 e. The molecule has 1 fully saturated rings. The van der Waals surface area contributed by atoms with Gasteiger partial charge in [-0.15, -0.1) is 0 Å². The lowest BCUT2D eigenvalue weighted by Crippen LogP contribution is -2.24. The van der Waals surface area contributed by atoms with Gasteiger partial charge in [-0.25, -0.2) is 15.0 Å². The number of methoxy groups -OCH3 is 1. The Morgan fingerprint density at radius 1 is 1.19 bits per heavy atom. The van der Waals surface area contributed by atoms with E-state index in [1.807, 2.05) is 6.07 Å². The fourth-order valence-electron chi connectivity index (χ4n) is 2.42. The van der Waals surface area contributed by atoms with Crippen LogP contribution in [0.2, 0.25) is 0 Å². The van der Waals surface area contributed by atoms with Gasteiger partial charge in [0.1, 0.15) is 23.9 Å². The first-order valence-electron chi connectivity index (χ1n) is 8.85. The Morgan fingerprint density at radius 2 is 2.04 bits per heavy atom. The molecule has 1 aliphatic carbocycles. The van der Waals surface area contributed by atoms with E-state index in [4.69, 9.17) is 9.47 Å². The first kappa shape index (κ1) is 18.9. The zero-order valence-corrected chi connectivity index (χ0v) is 15.2. The maximum absolute atomic E-state index is 12.3. The molecule has 2 aromatic rings. The minimum Gasteiger partial charge on any atom is -0.475 e. The number of nitrogens with zero attached hydrogens (tertiary/aromatic N) is 3. The molecule has 8 heteroatoms. The Balaban J connectivity index is 1.50. The van der Waals surface area contributed by atoms with E-state index < -0.39 is 0 Å². The molecule has 0 atom stereocenters. The molecule has 1 aliphatic rings. The molecule has 142 valence electrons. The largest absolute Gasteiger partial charge is 0.475 e.